The van der Waals surface area contributed by atoms with E-state index in [1.54, 1.807) is 12.5 Å². The molecule has 1 fully saturated rings. The summed E-state index contributed by atoms with van der Waals surface area (Å²) < 4.78 is 3.73. The van der Waals surface area contributed by atoms with Gasteiger partial charge in [0, 0.05) is 50.2 Å². The smallest absolute Gasteiger partial charge is 0.253 e. The Hall–Kier alpha value is -3.35. The van der Waals surface area contributed by atoms with Crippen LogP contribution in [0.2, 0.25) is 0 Å². The van der Waals surface area contributed by atoms with Crippen molar-refractivity contribution in [2.24, 2.45) is 0 Å². The van der Waals surface area contributed by atoms with Gasteiger partial charge in [0.05, 0.1) is 11.3 Å². The average Bonchev–Trinajstić information content (AvgIpc) is 3.46. The highest BCUT2D eigenvalue weighted by atomic mass is 16.2. The van der Waals surface area contributed by atoms with E-state index >= 15 is 0 Å². The van der Waals surface area contributed by atoms with Crippen LogP contribution < -0.4 is 5.32 Å². The second kappa shape index (κ2) is 8.12. The Morgan fingerprint density at radius 2 is 2.00 bits per heavy atom. The van der Waals surface area contributed by atoms with Crippen molar-refractivity contribution >= 4 is 11.8 Å². The molecule has 1 aliphatic heterocycles. The van der Waals surface area contributed by atoms with E-state index in [-0.39, 0.29) is 11.8 Å². The van der Waals surface area contributed by atoms with Gasteiger partial charge in [-0.3, -0.25) is 14.3 Å². The van der Waals surface area contributed by atoms with Gasteiger partial charge in [0.25, 0.3) is 5.91 Å². The van der Waals surface area contributed by atoms with E-state index in [0.717, 1.165) is 30.6 Å². The predicted molar refractivity (Wildman–Crippen MR) is 106 cm³/mol. The topological polar surface area (TPSA) is 72.2 Å². The molecule has 0 aliphatic carbocycles. The van der Waals surface area contributed by atoms with Crippen LogP contribution in [0.3, 0.4) is 0 Å². The van der Waals surface area contributed by atoms with E-state index in [1.165, 1.54) is 0 Å². The predicted octanol–water partition coefficient (Wildman–Crippen LogP) is 2.41. The summed E-state index contributed by atoms with van der Waals surface area (Å²) in [7, 11) is 0. The van der Waals surface area contributed by atoms with Crippen LogP contribution in [0.5, 0.6) is 0 Å². The van der Waals surface area contributed by atoms with Gasteiger partial charge in [0.2, 0.25) is 5.91 Å². The fourth-order valence-electron chi connectivity index (χ4n) is 3.57. The van der Waals surface area contributed by atoms with Crippen LogP contribution in [-0.2, 0) is 4.79 Å². The molecule has 144 valence electrons. The maximum Gasteiger partial charge on any atom is 0.253 e. The highest BCUT2D eigenvalue weighted by molar-refractivity contribution is 6.00. The van der Waals surface area contributed by atoms with Gasteiger partial charge >= 0.3 is 0 Å². The van der Waals surface area contributed by atoms with Crippen LogP contribution in [0.4, 0.5) is 0 Å². The number of hydrogen-bond acceptors (Lipinski definition) is 3. The van der Waals surface area contributed by atoms with E-state index in [0.29, 0.717) is 25.1 Å². The molecule has 28 heavy (non-hydrogen) atoms. The number of benzene rings is 1. The molecule has 1 aliphatic rings. The van der Waals surface area contributed by atoms with Crippen LogP contribution in [0.25, 0.3) is 11.3 Å². The number of carbonyl (C=O) groups excluding carboxylic acids is 2. The van der Waals surface area contributed by atoms with Crippen LogP contribution in [-0.4, -0.2) is 50.7 Å². The zero-order chi connectivity index (χ0) is 19.3. The lowest BCUT2D eigenvalue weighted by molar-refractivity contribution is -0.127. The van der Waals surface area contributed by atoms with Crippen molar-refractivity contribution in [1.29, 1.82) is 0 Å². The van der Waals surface area contributed by atoms with Crippen molar-refractivity contribution in [3.8, 4) is 11.3 Å². The fourth-order valence-corrected chi connectivity index (χ4v) is 3.57. The normalized spacial score (nSPS) is 13.9. The van der Waals surface area contributed by atoms with Gasteiger partial charge in [-0.25, -0.2) is 9.66 Å². The van der Waals surface area contributed by atoms with E-state index in [2.05, 4.69) is 10.3 Å². The Morgan fingerprint density at radius 3 is 2.71 bits per heavy atom. The molecular weight excluding hydrogens is 354 g/mol. The monoisotopic (exact) mass is 377 g/mol. The lowest BCUT2D eigenvalue weighted by Gasteiger charge is -2.15. The SMILES string of the molecule is O=C(NCCCN1CCCC1=O)c1ccn(-n2ccnc2)c1-c1ccccc1. The summed E-state index contributed by atoms with van der Waals surface area (Å²) in [5.74, 6) is 0.0977. The molecule has 4 rings (SSSR count). The molecule has 1 saturated heterocycles. The molecule has 7 nitrogen and oxygen atoms in total. The van der Waals surface area contributed by atoms with E-state index in [9.17, 15) is 9.59 Å². The minimum atomic E-state index is -0.120. The number of rotatable bonds is 7. The molecule has 0 spiro atoms. The molecule has 2 amide bonds. The molecule has 0 atom stereocenters. The van der Waals surface area contributed by atoms with Gasteiger partial charge < -0.3 is 10.2 Å². The third-order valence-electron chi connectivity index (χ3n) is 4.96. The molecule has 3 aromatic rings. The number of amides is 2. The minimum Gasteiger partial charge on any atom is -0.352 e. The number of carbonyl (C=O) groups is 2. The van der Waals surface area contributed by atoms with Crippen LogP contribution >= 0.6 is 0 Å². The summed E-state index contributed by atoms with van der Waals surface area (Å²) in [5, 5.41) is 2.99. The first-order valence-corrected chi connectivity index (χ1v) is 9.55. The van der Waals surface area contributed by atoms with Crippen LogP contribution in [0, 0.1) is 0 Å². The maximum atomic E-state index is 12.9. The van der Waals surface area contributed by atoms with Crippen molar-refractivity contribution in [3.63, 3.8) is 0 Å². The summed E-state index contributed by atoms with van der Waals surface area (Å²) in [4.78, 5) is 30.5. The number of nitrogens with one attached hydrogen (secondary N) is 1. The fraction of sp³-hybridized carbons (Fsp3) is 0.286. The van der Waals surface area contributed by atoms with Crippen LogP contribution in [0.1, 0.15) is 29.6 Å². The van der Waals surface area contributed by atoms with Crippen molar-refractivity contribution in [2.75, 3.05) is 19.6 Å². The van der Waals surface area contributed by atoms with Crippen LogP contribution in [0.15, 0.2) is 61.3 Å². The highest BCUT2D eigenvalue weighted by Crippen LogP contribution is 2.25. The largest absolute Gasteiger partial charge is 0.352 e. The first-order chi connectivity index (χ1) is 13.7. The first-order valence-electron chi connectivity index (χ1n) is 9.55. The summed E-state index contributed by atoms with van der Waals surface area (Å²) in [6.45, 7) is 2.06. The van der Waals surface area contributed by atoms with Gasteiger partial charge in [-0.05, 0) is 18.9 Å². The summed E-state index contributed by atoms with van der Waals surface area (Å²) in [5.41, 5.74) is 2.37. The summed E-state index contributed by atoms with van der Waals surface area (Å²) >= 11 is 0. The third-order valence-corrected chi connectivity index (χ3v) is 4.96. The van der Waals surface area contributed by atoms with Gasteiger partial charge in [0.1, 0.15) is 6.33 Å². The molecule has 1 N–H and O–H groups in total. The molecule has 2 aromatic heterocycles. The molecule has 0 radical (unpaired) electrons. The quantitative estimate of drug-likeness (QED) is 0.643. The molecule has 0 unspecified atom stereocenters. The Labute approximate surface area is 163 Å². The van der Waals surface area contributed by atoms with Crippen molar-refractivity contribution in [2.45, 2.75) is 19.3 Å². The number of aromatic nitrogens is 3. The maximum absolute atomic E-state index is 12.9. The molecule has 3 heterocycles. The van der Waals surface area contributed by atoms with Gasteiger partial charge in [-0.2, -0.15) is 0 Å². The number of likely N-dealkylation sites (tertiary alicyclic amines) is 1. The van der Waals surface area contributed by atoms with E-state index in [4.69, 9.17) is 0 Å². The average molecular weight is 377 g/mol. The van der Waals surface area contributed by atoms with E-state index in [1.807, 2.05) is 63.0 Å². The second-order valence-electron chi connectivity index (χ2n) is 6.83. The Morgan fingerprint density at radius 1 is 1.14 bits per heavy atom. The summed E-state index contributed by atoms with van der Waals surface area (Å²) in [6.07, 6.45) is 9.43. The lowest BCUT2D eigenvalue weighted by Crippen LogP contribution is -2.30. The molecule has 0 saturated carbocycles. The van der Waals surface area contributed by atoms with Gasteiger partial charge in [-0.1, -0.05) is 30.3 Å². The number of nitrogens with zero attached hydrogens (tertiary/aromatic N) is 4. The lowest BCUT2D eigenvalue weighted by atomic mass is 10.1. The number of hydrogen-bond donors (Lipinski definition) is 1. The molecular formula is C21H23N5O2. The van der Waals surface area contributed by atoms with Crippen molar-refractivity contribution < 1.29 is 9.59 Å². The standard InChI is InChI=1S/C21H23N5O2/c27-19-8-4-12-24(19)13-5-10-23-21(28)18-9-14-26(25-15-11-22-16-25)20(18)17-6-2-1-3-7-17/h1-3,6-7,9,11,14-16H,4-5,8,10,12-13H2,(H,23,28). The molecule has 7 heteroatoms. The minimum absolute atomic E-state index is 0.120. The van der Waals surface area contributed by atoms with E-state index < -0.39 is 0 Å². The Balaban J connectivity index is 1.49. The van der Waals surface area contributed by atoms with Gasteiger partial charge in [0.15, 0.2) is 0 Å². The zero-order valence-electron chi connectivity index (χ0n) is 15.6. The van der Waals surface area contributed by atoms with Gasteiger partial charge in [-0.15, -0.1) is 0 Å². The zero-order valence-corrected chi connectivity index (χ0v) is 15.6. The Bertz CT molecular complexity index is 947. The third kappa shape index (κ3) is 3.69. The Kier molecular flexibility index (Phi) is 5.23. The molecule has 0 bridgehead atoms. The summed E-state index contributed by atoms with van der Waals surface area (Å²) in [6, 6.07) is 11.6. The number of imidazole rings is 1. The van der Waals surface area contributed by atoms with Crippen molar-refractivity contribution in [3.05, 3.63) is 66.9 Å². The highest BCUT2D eigenvalue weighted by Gasteiger charge is 2.20. The second-order valence-corrected chi connectivity index (χ2v) is 6.83. The van der Waals surface area contributed by atoms with Crippen molar-refractivity contribution in [1.82, 2.24) is 24.6 Å². The first kappa shape index (κ1) is 18.0. The molecule has 1 aromatic carbocycles.